The number of halogens is 2. The molecule has 6 nitrogen and oxygen atoms in total. The molecule has 0 aliphatic carbocycles. The van der Waals surface area contributed by atoms with Crippen LogP contribution in [0, 0.1) is 13.8 Å². The number of aryl methyl sites for hydroxylation is 2. The van der Waals surface area contributed by atoms with Gasteiger partial charge in [0.2, 0.25) is 0 Å². The van der Waals surface area contributed by atoms with Crippen LogP contribution in [0.25, 0.3) is 10.2 Å². The summed E-state index contributed by atoms with van der Waals surface area (Å²) < 4.78 is 6.39. The van der Waals surface area contributed by atoms with Crippen LogP contribution in [0.3, 0.4) is 0 Å². The van der Waals surface area contributed by atoms with E-state index in [-0.39, 0.29) is 17.9 Å². The molecule has 0 saturated heterocycles. The minimum atomic E-state index is -0.524. The Bertz CT molecular complexity index is 1030. The molecule has 0 saturated carbocycles. The number of hydrogen-bond donors (Lipinski definition) is 1. The fourth-order valence-electron chi connectivity index (χ4n) is 2.21. The maximum atomic E-state index is 12.5. The van der Waals surface area contributed by atoms with Gasteiger partial charge in [0.05, 0.1) is 10.4 Å². The molecule has 3 rings (SSSR count). The first-order valence-corrected chi connectivity index (χ1v) is 8.79. The van der Waals surface area contributed by atoms with Gasteiger partial charge in [-0.25, -0.2) is 9.66 Å². The summed E-state index contributed by atoms with van der Waals surface area (Å²) in [5, 5.41) is 1.28. The van der Waals surface area contributed by atoms with E-state index in [4.69, 9.17) is 27.9 Å². The lowest BCUT2D eigenvalue weighted by atomic mass is 10.2. The van der Waals surface area contributed by atoms with Crippen molar-refractivity contribution in [3.05, 3.63) is 55.4 Å². The van der Waals surface area contributed by atoms with E-state index in [1.54, 1.807) is 12.1 Å². The van der Waals surface area contributed by atoms with Crippen LogP contribution in [0.2, 0.25) is 10.0 Å². The van der Waals surface area contributed by atoms with Crippen LogP contribution in [0.4, 0.5) is 0 Å². The maximum Gasteiger partial charge on any atom is 0.281 e. The number of benzene rings is 1. The number of hydrogen-bond acceptors (Lipinski definition) is 5. The number of fused-ring (bicyclic) bond motifs is 1. The van der Waals surface area contributed by atoms with Crippen LogP contribution >= 0.6 is 34.5 Å². The number of nitrogens with one attached hydrogen (secondary N) is 1. The predicted molar refractivity (Wildman–Crippen MR) is 99.7 cm³/mol. The number of carbonyl (C=O) groups excluding carboxylic acids is 1. The molecule has 1 amide bonds. The first-order chi connectivity index (χ1) is 11.9. The summed E-state index contributed by atoms with van der Waals surface area (Å²) in [4.78, 5) is 30.4. The van der Waals surface area contributed by atoms with Crippen LogP contribution in [-0.2, 0) is 4.79 Å². The number of rotatable bonds is 4. The van der Waals surface area contributed by atoms with Gasteiger partial charge in [-0.15, -0.1) is 11.3 Å². The van der Waals surface area contributed by atoms with Crippen molar-refractivity contribution in [2.45, 2.75) is 13.8 Å². The van der Waals surface area contributed by atoms with Crippen molar-refractivity contribution in [2.24, 2.45) is 0 Å². The summed E-state index contributed by atoms with van der Waals surface area (Å²) >= 11 is 13.3. The molecule has 3 aromatic rings. The van der Waals surface area contributed by atoms with Crippen LogP contribution < -0.4 is 15.7 Å². The quantitative estimate of drug-likeness (QED) is 0.730. The zero-order valence-electron chi connectivity index (χ0n) is 13.3. The standard InChI is InChI=1S/C16H13Cl2N3O3S/c1-8-9(2)25-15-14(8)16(23)21(7-19-15)20-13(22)6-24-12-5-10(17)3-4-11(12)18/h3-5,7H,6H2,1-2H3,(H,20,22). The molecular weight excluding hydrogens is 385 g/mol. The van der Waals surface area contributed by atoms with Gasteiger partial charge in [-0.05, 0) is 31.5 Å². The van der Waals surface area contributed by atoms with Gasteiger partial charge in [0.25, 0.3) is 11.5 Å². The molecule has 0 spiro atoms. The van der Waals surface area contributed by atoms with Crippen LogP contribution in [0.15, 0.2) is 29.3 Å². The average molecular weight is 398 g/mol. The molecule has 0 radical (unpaired) electrons. The number of nitrogens with zero attached hydrogens (tertiary/aromatic N) is 2. The zero-order valence-corrected chi connectivity index (χ0v) is 15.6. The van der Waals surface area contributed by atoms with E-state index in [0.29, 0.717) is 20.3 Å². The number of thiophene rings is 1. The van der Waals surface area contributed by atoms with E-state index in [2.05, 4.69) is 10.4 Å². The molecule has 1 N–H and O–H groups in total. The molecular formula is C16H13Cl2N3O3S. The lowest BCUT2D eigenvalue weighted by molar-refractivity contribution is -0.119. The van der Waals surface area contributed by atoms with E-state index >= 15 is 0 Å². The highest BCUT2D eigenvalue weighted by Gasteiger charge is 2.14. The summed E-state index contributed by atoms with van der Waals surface area (Å²) in [7, 11) is 0. The molecule has 9 heteroatoms. The van der Waals surface area contributed by atoms with E-state index in [0.717, 1.165) is 15.1 Å². The van der Waals surface area contributed by atoms with Crippen molar-refractivity contribution >= 4 is 50.7 Å². The Morgan fingerprint density at radius 1 is 1.36 bits per heavy atom. The smallest absolute Gasteiger partial charge is 0.281 e. The lowest BCUT2D eigenvalue weighted by Gasteiger charge is -2.10. The van der Waals surface area contributed by atoms with E-state index in [9.17, 15) is 9.59 Å². The third kappa shape index (κ3) is 3.63. The third-order valence-corrected chi connectivity index (χ3v) is 5.25. The molecule has 130 valence electrons. The minimum absolute atomic E-state index is 0.287. The molecule has 2 aromatic heterocycles. The van der Waals surface area contributed by atoms with Gasteiger partial charge >= 0.3 is 0 Å². The average Bonchev–Trinajstić information content (AvgIpc) is 2.86. The molecule has 2 heterocycles. The predicted octanol–water partition coefficient (Wildman–Crippen LogP) is 3.53. The topological polar surface area (TPSA) is 73.2 Å². The van der Waals surface area contributed by atoms with Crippen molar-refractivity contribution in [2.75, 3.05) is 12.0 Å². The van der Waals surface area contributed by atoms with Crippen molar-refractivity contribution < 1.29 is 9.53 Å². The van der Waals surface area contributed by atoms with Gasteiger partial charge in [-0.1, -0.05) is 23.2 Å². The second kappa shape index (κ2) is 7.03. The molecule has 0 aliphatic heterocycles. The maximum absolute atomic E-state index is 12.5. The first-order valence-electron chi connectivity index (χ1n) is 7.22. The summed E-state index contributed by atoms with van der Waals surface area (Å²) in [5.41, 5.74) is 2.98. The number of ether oxygens (including phenoxy) is 1. The highest BCUT2D eigenvalue weighted by Crippen LogP contribution is 2.27. The Morgan fingerprint density at radius 3 is 2.88 bits per heavy atom. The molecule has 0 aliphatic rings. The largest absolute Gasteiger partial charge is 0.482 e. The minimum Gasteiger partial charge on any atom is -0.482 e. The monoisotopic (exact) mass is 397 g/mol. The molecule has 25 heavy (non-hydrogen) atoms. The Hall–Kier alpha value is -2.09. The zero-order chi connectivity index (χ0) is 18.1. The van der Waals surface area contributed by atoms with Crippen molar-refractivity contribution in [3.63, 3.8) is 0 Å². The Balaban J connectivity index is 1.76. The molecule has 0 unspecified atom stereocenters. The normalized spacial score (nSPS) is 10.9. The number of carbonyl (C=O) groups is 1. The highest BCUT2D eigenvalue weighted by atomic mass is 35.5. The van der Waals surface area contributed by atoms with Crippen molar-refractivity contribution in [1.82, 2.24) is 9.66 Å². The van der Waals surface area contributed by atoms with Crippen LogP contribution in [0.1, 0.15) is 10.4 Å². The van der Waals surface area contributed by atoms with Gasteiger partial charge in [-0.3, -0.25) is 15.0 Å². The van der Waals surface area contributed by atoms with Crippen molar-refractivity contribution in [1.29, 1.82) is 0 Å². The summed E-state index contributed by atoms with van der Waals surface area (Å²) in [6.07, 6.45) is 1.28. The van der Waals surface area contributed by atoms with E-state index in [1.165, 1.54) is 23.7 Å². The number of aromatic nitrogens is 2. The summed E-state index contributed by atoms with van der Waals surface area (Å²) in [6, 6.07) is 4.69. The van der Waals surface area contributed by atoms with Gasteiger partial charge in [-0.2, -0.15) is 0 Å². The fourth-order valence-corrected chi connectivity index (χ4v) is 3.53. The molecule has 0 fully saturated rings. The van der Waals surface area contributed by atoms with Gasteiger partial charge in [0, 0.05) is 16.0 Å². The van der Waals surface area contributed by atoms with E-state index in [1.807, 2.05) is 13.8 Å². The second-order valence-electron chi connectivity index (χ2n) is 5.28. The summed E-state index contributed by atoms with van der Waals surface area (Å²) in [5.74, 6) is -0.238. The molecule has 0 bridgehead atoms. The van der Waals surface area contributed by atoms with Gasteiger partial charge in [0.15, 0.2) is 6.61 Å². The second-order valence-corrected chi connectivity index (χ2v) is 7.33. The Morgan fingerprint density at radius 2 is 2.12 bits per heavy atom. The fraction of sp³-hybridized carbons (Fsp3) is 0.188. The number of amides is 1. The SMILES string of the molecule is Cc1sc2ncn(NC(=O)COc3cc(Cl)ccc3Cl)c(=O)c2c1C. The van der Waals surface area contributed by atoms with Crippen LogP contribution in [0.5, 0.6) is 5.75 Å². The molecule has 0 atom stereocenters. The van der Waals surface area contributed by atoms with Crippen molar-refractivity contribution in [3.8, 4) is 5.75 Å². The van der Waals surface area contributed by atoms with Gasteiger partial charge in [0.1, 0.15) is 16.9 Å². The summed E-state index contributed by atoms with van der Waals surface area (Å²) in [6.45, 7) is 3.45. The lowest BCUT2D eigenvalue weighted by Crippen LogP contribution is -2.35. The van der Waals surface area contributed by atoms with Crippen LogP contribution in [-0.4, -0.2) is 22.2 Å². The Labute approximate surface area is 156 Å². The first kappa shape index (κ1) is 17.7. The third-order valence-electron chi connectivity index (χ3n) is 3.59. The molecule has 1 aromatic carbocycles. The van der Waals surface area contributed by atoms with E-state index < -0.39 is 5.91 Å². The van der Waals surface area contributed by atoms with Gasteiger partial charge < -0.3 is 4.74 Å². The Kier molecular flexibility index (Phi) is 4.99. The highest BCUT2D eigenvalue weighted by molar-refractivity contribution is 7.18.